The number of thioether (sulfide) groups is 1. The van der Waals surface area contributed by atoms with E-state index in [0.717, 1.165) is 17.7 Å². The molecule has 1 aromatic carbocycles. The number of alkyl halides is 2. The molecule has 1 amide bonds. The van der Waals surface area contributed by atoms with Gasteiger partial charge in [-0.3, -0.25) is 4.79 Å². The Morgan fingerprint density at radius 1 is 1.44 bits per heavy atom. The molecule has 7 heteroatoms. The molecule has 0 unspecified atom stereocenters. The Balaban J connectivity index is 1.94. The van der Waals surface area contributed by atoms with Crippen molar-refractivity contribution in [3.63, 3.8) is 0 Å². The van der Waals surface area contributed by atoms with Gasteiger partial charge in [0, 0.05) is 5.92 Å². The second-order valence-corrected chi connectivity index (χ2v) is 9.36. The van der Waals surface area contributed by atoms with Gasteiger partial charge in [0.2, 0.25) is 0 Å². The third-order valence-corrected chi connectivity index (χ3v) is 5.73. The zero-order valence-corrected chi connectivity index (χ0v) is 17.0. The fraction of sp³-hybridized carbons (Fsp3) is 0.611. The SMILES string of the molecule is CSCC[C@@H](CO)NC(=O)C(C)(C)Oc1ccc([C@H]2CC2(Cl)Cl)cc1. The van der Waals surface area contributed by atoms with E-state index in [1.165, 1.54) is 0 Å². The molecule has 0 heterocycles. The summed E-state index contributed by atoms with van der Waals surface area (Å²) in [7, 11) is 0. The van der Waals surface area contributed by atoms with Crippen molar-refractivity contribution in [2.45, 2.75) is 48.6 Å². The lowest BCUT2D eigenvalue weighted by atomic mass is 10.1. The monoisotopic (exact) mass is 405 g/mol. The van der Waals surface area contributed by atoms with Crippen LogP contribution in [0.15, 0.2) is 24.3 Å². The summed E-state index contributed by atoms with van der Waals surface area (Å²) in [5.41, 5.74) is 0.0216. The number of hydrogen-bond donors (Lipinski definition) is 2. The minimum absolute atomic E-state index is 0.0862. The Morgan fingerprint density at radius 3 is 2.52 bits per heavy atom. The summed E-state index contributed by atoms with van der Waals surface area (Å²) < 4.78 is 5.20. The Labute approximate surface area is 163 Å². The largest absolute Gasteiger partial charge is 0.478 e. The number of amides is 1. The summed E-state index contributed by atoms with van der Waals surface area (Å²) in [5, 5.41) is 12.3. The minimum Gasteiger partial charge on any atom is -0.478 e. The van der Waals surface area contributed by atoms with E-state index in [9.17, 15) is 9.90 Å². The van der Waals surface area contributed by atoms with Crippen molar-refractivity contribution < 1.29 is 14.6 Å². The van der Waals surface area contributed by atoms with Crippen molar-refractivity contribution in [3.8, 4) is 5.75 Å². The molecule has 1 saturated carbocycles. The number of hydrogen-bond acceptors (Lipinski definition) is 4. The van der Waals surface area contributed by atoms with Crippen LogP contribution in [0.1, 0.15) is 38.2 Å². The molecule has 0 aromatic heterocycles. The normalized spacial score (nSPS) is 20.0. The van der Waals surface area contributed by atoms with Crippen LogP contribution in [0.3, 0.4) is 0 Å². The second kappa shape index (κ2) is 8.38. The number of aliphatic hydroxyl groups excluding tert-OH is 1. The molecule has 2 atom stereocenters. The molecule has 140 valence electrons. The Bertz CT molecular complexity index is 592. The van der Waals surface area contributed by atoms with Crippen LogP contribution < -0.4 is 10.1 Å². The summed E-state index contributed by atoms with van der Waals surface area (Å²) in [5.74, 6) is 1.38. The highest BCUT2D eigenvalue weighted by Crippen LogP contribution is 2.59. The van der Waals surface area contributed by atoms with E-state index >= 15 is 0 Å². The highest BCUT2D eigenvalue weighted by molar-refractivity contribution is 7.98. The van der Waals surface area contributed by atoms with E-state index in [2.05, 4.69) is 5.32 Å². The van der Waals surface area contributed by atoms with E-state index in [1.807, 2.05) is 30.5 Å². The lowest BCUT2D eigenvalue weighted by Crippen LogP contribution is -2.51. The Morgan fingerprint density at radius 2 is 2.04 bits per heavy atom. The molecule has 2 N–H and O–H groups in total. The van der Waals surface area contributed by atoms with Gasteiger partial charge in [-0.25, -0.2) is 0 Å². The highest BCUT2D eigenvalue weighted by Gasteiger charge is 2.52. The summed E-state index contributed by atoms with van der Waals surface area (Å²) in [6, 6.07) is 7.24. The third-order valence-electron chi connectivity index (χ3n) is 4.25. The molecule has 1 aromatic rings. The molecule has 0 bridgehead atoms. The molecule has 1 aliphatic carbocycles. The standard InChI is InChI=1S/C18H25Cl2NO3S/c1-17(2,16(23)21-13(11-22)8-9-25-3)24-14-6-4-12(5-7-14)15-10-18(15,19)20/h4-7,13,15,22H,8-11H2,1-3H3,(H,21,23)/t13-,15+/m0/s1. The summed E-state index contributed by atoms with van der Waals surface area (Å²) in [6.07, 6.45) is 3.46. The average molecular weight is 406 g/mol. The molecule has 2 rings (SSSR count). The number of rotatable bonds is 9. The highest BCUT2D eigenvalue weighted by atomic mass is 35.5. The summed E-state index contributed by atoms with van der Waals surface area (Å²) in [6.45, 7) is 3.34. The number of carbonyl (C=O) groups excluding carboxylic acids is 1. The maximum absolute atomic E-state index is 12.5. The predicted molar refractivity (Wildman–Crippen MR) is 105 cm³/mol. The molecule has 0 saturated heterocycles. The fourth-order valence-corrected chi connectivity index (χ4v) is 3.59. The molecule has 1 fully saturated rings. The molecule has 0 spiro atoms. The van der Waals surface area contributed by atoms with E-state index in [0.29, 0.717) is 12.2 Å². The van der Waals surface area contributed by atoms with Gasteiger partial charge in [-0.15, -0.1) is 23.2 Å². The summed E-state index contributed by atoms with van der Waals surface area (Å²) >= 11 is 13.9. The van der Waals surface area contributed by atoms with Gasteiger partial charge in [0.1, 0.15) is 10.1 Å². The third kappa shape index (κ3) is 5.68. The lowest BCUT2D eigenvalue weighted by Gasteiger charge is -2.28. The van der Waals surface area contributed by atoms with Gasteiger partial charge in [-0.05, 0) is 56.4 Å². The number of nitrogens with one attached hydrogen (secondary N) is 1. The van der Waals surface area contributed by atoms with Crippen molar-refractivity contribution in [1.29, 1.82) is 0 Å². The van der Waals surface area contributed by atoms with Gasteiger partial charge in [-0.2, -0.15) is 11.8 Å². The van der Waals surface area contributed by atoms with Crippen molar-refractivity contribution in [3.05, 3.63) is 29.8 Å². The van der Waals surface area contributed by atoms with Gasteiger partial charge in [0.25, 0.3) is 5.91 Å². The van der Waals surface area contributed by atoms with Crippen molar-refractivity contribution in [2.24, 2.45) is 0 Å². The van der Waals surface area contributed by atoms with Crippen LogP contribution in [0.4, 0.5) is 0 Å². The van der Waals surface area contributed by atoms with Crippen molar-refractivity contribution in [1.82, 2.24) is 5.32 Å². The topological polar surface area (TPSA) is 58.6 Å². The number of benzene rings is 1. The van der Waals surface area contributed by atoms with Crippen molar-refractivity contribution in [2.75, 3.05) is 18.6 Å². The van der Waals surface area contributed by atoms with Crippen molar-refractivity contribution >= 4 is 40.9 Å². The predicted octanol–water partition coefficient (Wildman–Crippen LogP) is 3.74. The molecule has 4 nitrogen and oxygen atoms in total. The maximum atomic E-state index is 12.5. The van der Waals surface area contributed by atoms with Gasteiger partial charge in [-0.1, -0.05) is 12.1 Å². The molecule has 1 aliphatic rings. The first-order valence-corrected chi connectivity index (χ1v) is 10.4. The van der Waals surface area contributed by atoms with Crippen LogP contribution >= 0.6 is 35.0 Å². The van der Waals surface area contributed by atoms with Gasteiger partial charge in [0.15, 0.2) is 5.60 Å². The van der Waals surface area contributed by atoms with Gasteiger partial charge in [0.05, 0.1) is 12.6 Å². The Hall–Kier alpha value is -0.620. The van der Waals surface area contributed by atoms with Gasteiger partial charge >= 0.3 is 0 Å². The molecular formula is C18H25Cl2NO3S. The number of aliphatic hydroxyl groups is 1. The number of carbonyl (C=O) groups is 1. The molecule has 0 aliphatic heterocycles. The van der Waals surface area contributed by atoms with E-state index < -0.39 is 9.93 Å². The Kier molecular flexibility index (Phi) is 6.94. The number of ether oxygens (including phenoxy) is 1. The molecule has 0 radical (unpaired) electrons. The van der Waals surface area contributed by atoms with Crippen LogP contribution in [0.2, 0.25) is 0 Å². The second-order valence-electron chi connectivity index (χ2n) is 6.83. The van der Waals surface area contributed by atoms with E-state index in [4.69, 9.17) is 27.9 Å². The van der Waals surface area contributed by atoms with Gasteiger partial charge < -0.3 is 15.2 Å². The first-order chi connectivity index (χ1) is 11.7. The zero-order valence-electron chi connectivity index (χ0n) is 14.7. The van der Waals surface area contributed by atoms with Crippen LogP contribution in [-0.2, 0) is 4.79 Å². The average Bonchev–Trinajstić information content (AvgIpc) is 3.20. The van der Waals surface area contributed by atoms with E-state index in [1.54, 1.807) is 25.6 Å². The zero-order chi connectivity index (χ0) is 18.7. The maximum Gasteiger partial charge on any atom is 0.263 e. The first kappa shape index (κ1) is 20.7. The van der Waals surface area contributed by atoms with Crippen LogP contribution in [0, 0.1) is 0 Å². The molecular weight excluding hydrogens is 381 g/mol. The van der Waals surface area contributed by atoms with E-state index in [-0.39, 0.29) is 24.5 Å². The molecule has 25 heavy (non-hydrogen) atoms. The van der Waals surface area contributed by atoms with Crippen LogP contribution in [-0.4, -0.2) is 45.6 Å². The van der Waals surface area contributed by atoms with Crippen LogP contribution in [0.5, 0.6) is 5.75 Å². The summed E-state index contributed by atoms with van der Waals surface area (Å²) in [4.78, 5) is 12.5. The van der Waals surface area contributed by atoms with Crippen LogP contribution in [0.25, 0.3) is 0 Å². The first-order valence-electron chi connectivity index (χ1n) is 8.27. The lowest BCUT2D eigenvalue weighted by molar-refractivity contribution is -0.135. The smallest absolute Gasteiger partial charge is 0.263 e. The quantitative estimate of drug-likeness (QED) is 0.614. The number of halogens is 2. The minimum atomic E-state index is -1.05. The fourth-order valence-electron chi connectivity index (χ4n) is 2.51.